The number of aliphatic hydroxyl groups excluding tert-OH is 1. The van der Waals surface area contributed by atoms with Crippen molar-refractivity contribution >= 4 is 7.12 Å². The summed E-state index contributed by atoms with van der Waals surface area (Å²) in [4.78, 5) is 0. The third-order valence-electron chi connectivity index (χ3n) is 9.18. The fraction of sp³-hybridized carbons (Fsp3) is 0.200. The largest absolute Gasteiger partial charge is 0.468 e. The standard InChI is InChI=1S/C40H39BO5/c1-4-35(36(42)30-20-10-5-11-21-30)41-45-37(39(43-2,31-22-12-6-13-23-31)32-24-14-7-15-25-32)38(46-41)40(44-3,33-26-16-8-17-27-33)34-28-18-9-19-29-34/h4-29,35-38,42H,1H2,2-3H3/t35-,36+,37-,38-/m1/s1. The minimum absolute atomic E-state index is 0.614. The van der Waals surface area contributed by atoms with E-state index in [1.807, 2.05) is 152 Å². The molecular weight excluding hydrogens is 571 g/mol. The van der Waals surface area contributed by atoms with Gasteiger partial charge in [-0.15, -0.1) is 6.58 Å². The molecule has 1 fully saturated rings. The van der Waals surface area contributed by atoms with Crippen LogP contribution in [0.15, 0.2) is 164 Å². The van der Waals surface area contributed by atoms with Crippen LogP contribution < -0.4 is 0 Å². The Balaban J connectivity index is 1.61. The molecule has 6 rings (SSSR count). The molecule has 0 bridgehead atoms. The van der Waals surface area contributed by atoms with Gasteiger partial charge in [-0.2, -0.15) is 0 Å². The lowest BCUT2D eigenvalue weighted by molar-refractivity contribution is -0.136. The Morgan fingerprint density at radius 3 is 1.17 bits per heavy atom. The summed E-state index contributed by atoms with van der Waals surface area (Å²) in [5.74, 6) is -0.614. The van der Waals surface area contributed by atoms with E-state index in [9.17, 15) is 5.11 Å². The fourth-order valence-corrected chi connectivity index (χ4v) is 6.96. The summed E-state index contributed by atoms with van der Waals surface area (Å²) in [5, 5.41) is 11.7. The molecule has 1 N–H and O–H groups in total. The Morgan fingerprint density at radius 1 is 0.587 bits per heavy atom. The van der Waals surface area contributed by atoms with Crippen molar-refractivity contribution in [1.29, 1.82) is 0 Å². The number of hydrogen-bond acceptors (Lipinski definition) is 5. The van der Waals surface area contributed by atoms with Gasteiger partial charge in [-0.25, -0.2) is 0 Å². The van der Waals surface area contributed by atoms with Crippen molar-refractivity contribution in [2.24, 2.45) is 0 Å². The zero-order chi connectivity index (χ0) is 32.0. The van der Waals surface area contributed by atoms with Crippen LogP contribution in [0, 0.1) is 0 Å². The highest BCUT2D eigenvalue weighted by atomic mass is 16.7. The van der Waals surface area contributed by atoms with Crippen LogP contribution >= 0.6 is 0 Å². The number of ether oxygens (including phenoxy) is 2. The van der Waals surface area contributed by atoms with Crippen molar-refractivity contribution < 1.29 is 23.9 Å². The molecule has 232 valence electrons. The van der Waals surface area contributed by atoms with Gasteiger partial charge in [0.15, 0.2) is 0 Å². The quantitative estimate of drug-likeness (QED) is 0.116. The van der Waals surface area contributed by atoms with Crippen LogP contribution in [0.2, 0.25) is 5.82 Å². The Labute approximate surface area is 272 Å². The fourth-order valence-electron chi connectivity index (χ4n) is 6.96. The molecule has 0 radical (unpaired) electrons. The van der Waals surface area contributed by atoms with Crippen LogP contribution in [-0.4, -0.2) is 38.7 Å². The van der Waals surface area contributed by atoms with Gasteiger partial charge in [0, 0.05) is 20.0 Å². The number of rotatable bonds is 12. The van der Waals surface area contributed by atoms with Crippen LogP contribution in [0.1, 0.15) is 33.9 Å². The number of methoxy groups -OCH3 is 2. The van der Waals surface area contributed by atoms with E-state index in [0.29, 0.717) is 0 Å². The Bertz CT molecular complexity index is 1490. The normalized spacial score (nSPS) is 18.2. The molecule has 1 aliphatic rings. The van der Waals surface area contributed by atoms with Crippen molar-refractivity contribution in [3.63, 3.8) is 0 Å². The van der Waals surface area contributed by atoms with E-state index in [1.54, 1.807) is 20.3 Å². The van der Waals surface area contributed by atoms with E-state index in [-0.39, 0.29) is 0 Å². The van der Waals surface area contributed by atoms with Gasteiger partial charge in [0.05, 0.1) is 6.10 Å². The first-order valence-electron chi connectivity index (χ1n) is 15.6. The maximum absolute atomic E-state index is 11.7. The number of hydrogen-bond donors (Lipinski definition) is 1. The van der Waals surface area contributed by atoms with Crippen molar-refractivity contribution in [2.75, 3.05) is 14.2 Å². The van der Waals surface area contributed by atoms with Gasteiger partial charge in [-0.05, 0) is 27.8 Å². The van der Waals surface area contributed by atoms with Gasteiger partial charge in [-0.3, -0.25) is 0 Å². The molecule has 0 saturated carbocycles. The molecule has 1 aliphatic heterocycles. The molecule has 46 heavy (non-hydrogen) atoms. The SMILES string of the molecule is C=C[C@@H](B1O[C@@H](C(OC)(c2ccccc2)c2ccccc2)[C@H](C(OC)(c2ccccc2)c2ccccc2)O1)[C@@H](O)c1ccccc1. The Kier molecular flexibility index (Phi) is 9.64. The van der Waals surface area contributed by atoms with Gasteiger partial charge in [0.2, 0.25) is 0 Å². The molecule has 0 aliphatic carbocycles. The van der Waals surface area contributed by atoms with Crippen molar-refractivity contribution in [3.8, 4) is 0 Å². The van der Waals surface area contributed by atoms with Crippen LogP contribution in [0.25, 0.3) is 0 Å². The minimum Gasteiger partial charge on any atom is -0.401 e. The maximum Gasteiger partial charge on any atom is 0.468 e. The van der Waals surface area contributed by atoms with Crippen molar-refractivity contribution in [2.45, 2.75) is 35.3 Å². The summed E-state index contributed by atoms with van der Waals surface area (Å²) in [6.07, 6.45) is -0.754. The zero-order valence-electron chi connectivity index (χ0n) is 26.2. The van der Waals surface area contributed by atoms with E-state index < -0.39 is 42.4 Å². The molecule has 6 heteroatoms. The molecule has 1 saturated heterocycles. The molecule has 0 amide bonds. The first-order chi connectivity index (χ1) is 22.6. The van der Waals surface area contributed by atoms with E-state index in [1.165, 1.54) is 0 Å². The average molecular weight is 611 g/mol. The first-order valence-corrected chi connectivity index (χ1v) is 15.6. The topological polar surface area (TPSA) is 57.2 Å². The monoisotopic (exact) mass is 610 g/mol. The molecular formula is C40H39BO5. The lowest BCUT2D eigenvalue weighted by Gasteiger charge is -2.47. The summed E-state index contributed by atoms with van der Waals surface area (Å²) in [6, 6.07) is 49.8. The van der Waals surface area contributed by atoms with Gasteiger partial charge < -0.3 is 23.9 Å². The van der Waals surface area contributed by atoms with Crippen LogP contribution in [-0.2, 0) is 30.0 Å². The third kappa shape index (κ3) is 5.53. The van der Waals surface area contributed by atoms with E-state index in [4.69, 9.17) is 18.8 Å². The number of aliphatic hydroxyl groups is 1. The Hall–Kier alpha value is -4.30. The first kappa shape index (κ1) is 31.7. The summed E-state index contributed by atoms with van der Waals surface area (Å²) in [6.45, 7) is 4.12. The molecule has 1 heterocycles. The second-order valence-electron chi connectivity index (χ2n) is 11.5. The summed E-state index contributed by atoms with van der Waals surface area (Å²) < 4.78 is 27.6. The van der Waals surface area contributed by atoms with Gasteiger partial charge in [0.25, 0.3) is 0 Å². The molecule has 5 nitrogen and oxygen atoms in total. The van der Waals surface area contributed by atoms with Crippen molar-refractivity contribution in [3.05, 3.63) is 192 Å². The van der Waals surface area contributed by atoms with Crippen molar-refractivity contribution in [1.82, 2.24) is 0 Å². The summed E-state index contributed by atoms with van der Waals surface area (Å²) in [7, 11) is 2.51. The molecule has 0 spiro atoms. The summed E-state index contributed by atoms with van der Waals surface area (Å²) >= 11 is 0. The molecule has 5 aromatic rings. The smallest absolute Gasteiger partial charge is 0.401 e. The van der Waals surface area contributed by atoms with Gasteiger partial charge >= 0.3 is 7.12 Å². The average Bonchev–Trinajstić information content (AvgIpc) is 3.57. The van der Waals surface area contributed by atoms with Crippen LogP contribution in [0.5, 0.6) is 0 Å². The molecule has 0 unspecified atom stereocenters. The molecule has 4 atom stereocenters. The maximum atomic E-state index is 11.7. The predicted molar refractivity (Wildman–Crippen MR) is 182 cm³/mol. The third-order valence-corrected chi connectivity index (χ3v) is 9.18. The highest BCUT2D eigenvalue weighted by Crippen LogP contribution is 2.52. The lowest BCUT2D eigenvalue weighted by Crippen LogP contribution is -2.56. The predicted octanol–water partition coefficient (Wildman–Crippen LogP) is 7.73. The zero-order valence-corrected chi connectivity index (χ0v) is 26.2. The minimum atomic E-state index is -1.14. The second kappa shape index (κ2) is 14.0. The van der Waals surface area contributed by atoms with Crippen LogP contribution in [0.4, 0.5) is 0 Å². The molecule has 0 aromatic heterocycles. The highest BCUT2D eigenvalue weighted by Gasteiger charge is 2.63. The highest BCUT2D eigenvalue weighted by molar-refractivity contribution is 6.48. The van der Waals surface area contributed by atoms with Gasteiger partial charge in [0.1, 0.15) is 23.4 Å². The summed E-state index contributed by atoms with van der Waals surface area (Å²) in [5.41, 5.74) is 2.05. The number of benzene rings is 5. The van der Waals surface area contributed by atoms with E-state index >= 15 is 0 Å². The van der Waals surface area contributed by atoms with E-state index in [0.717, 1.165) is 27.8 Å². The van der Waals surface area contributed by atoms with E-state index in [2.05, 4.69) is 6.58 Å². The van der Waals surface area contributed by atoms with Gasteiger partial charge in [-0.1, -0.05) is 158 Å². The van der Waals surface area contributed by atoms with Crippen LogP contribution in [0.3, 0.4) is 0 Å². The lowest BCUT2D eigenvalue weighted by atomic mass is 9.67. The second-order valence-corrected chi connectivity index (χ2v) is 11.5. The molecule has 5 aromatic carbocycles. The Morgan fingerprint density at radius 2 is 0.891 bits per heavy atom.